The van der Waals surface area contributed by atoms with E-state index in [1.807, 2.05) is 0 Å². The van der Waals surface area contributed by atoms with Crippen LogP contribution >= 0.6 is 0 Å². The topological polar surface area (TPSA) is 60.9 Å². The molecule has 1 N–H and O–H groups in total. The van der Waals surface area contributed by atoms with Crippen molar-refractivity contribution < 1.29 is 13.5 Å². The van der Waals surface area contributed by atoms with Gasteiger partial charge in [0, 0.05) is 20.1 Å². The molecule has 1 aliphatic heterocycles. The summed E-state index contributed by atoms with van der Waals surface area (Å²) in [4.78, 5) is 2.30. The van der Waals surface area contributed by atoms with Gasteiger partial charge in [-0.3, -0.25) is 0 Å². The minimum Gasteiger partial charge on any atom is -0.392 e. The van der Waals surface area contributed by atoms with Gasteiger partial charge in [-0.15, -0.1) is 0 Å². The zero-order valence-electron chi connectivity index (χ0n) is 12.5. The summed E-state index contributed by atoms with van der Waals surface area (Å²) in [5.41, 5.74) is 1.46. The van der Waals surface area contributed by atoms with Gasteiger partial charge in [-0.1, -0.05) is 24.3 Å². The molecule has 6 heteroatoms. The van der Waals surface area contributed by atoms with E-state index in [1.54, 1.807) is 31.3 Å². The van der Waals surface area contributed by atoms with Gasteiger partial charge in [0.1, 0.15) is 0 Å². The average molecular weight is 312 g/mol. The van der Waals surface area contributed by atoms with Crippen LogP contribution in [0.15, 0.2) is 24.3 Å². The first-order valence-corrected chi connectivity index (χ1v) is 8.97. The molecular weight excluding hydrogens is 288 g/mol. The summed E-state index contributed by atoms with van der Waals surface area (Å²) in [6.07, 6.45) is 2.43. The normalized spacial score (nSPS) is 16.7. The molecule has 1 aromatic carbocycles. The summed E-state index contributed by atoms with van der Waals surface area (Å²) in [6, 6.07) is 7.09. The van der Waals surface area contributed by atoms with E-state index >= 15 is 0 Å². The molecule has 0 saturated carbocycles. The van der Waals surface area contributed by atoms with Gasteiger partial charge in [0.15, 0.2) is 0 Å². The number of benzene rings is 1. The van der Waals surface area contributed by atoms with E-state index in [-0.39, 0.29) is 12.4 Å². The Morgan fingerprint density at radius 1 is 1.24 bits per heavy atom. The zero-order chi connectivity index (χ0) is 15.3. The van der Waals surface area contributed by atoms with Crippen LogP contribution < -0.4 is 0 Å². The van der Waals surface area contributed by atoms with Crippen molar-refractivity contribution in [2.75, 3.05) is 33.2 Å². The van der Waals surface area contributed by atoms with E-state index in [1.165, 1.54) is 17.1 Å². The highest BCUT2D eigenvalue weighted by Gasteiger charge is 2.20. The standard InChI is InChI=1S/C15H24N2O3S/c1-16(9-10-17-7-2-3-8-17)21(19,20)13-15-6-4-5-14(11-15)12-18/h4-6,11,18H,2-3,7-10,12-13H2,1H3. The van der Waals surface area contributed by atoms with Crippen molar-refractivity contribution in [3.63, 3.8) is 0 Å². The second kappa shape index (κ2) is 7.35. The van der Waals surface area contributed by atoms with Gasteiger partial charge in [0.25, 0.3) is 0 Å². The van der Waals surface area contributed by atoms with E-state index in [9.17, 15) is 8.42 Å². The molecule has 0 bridgehead atoms. The fourth-order valence-corrected chi connectivity index (χ4v) is 3.75. The number of likely N-dealkylation sites (tertiary alicyclic amines) is 1. The van der Waals surface area contributed by atoms with Crippen LogP contribution in [0.2, 0.25) is 0 Å². The van der Waals surface area contributed by atoms with Gasteiger partial charge in [-0.25, -0.2) is 12.7 Å². The Labute approximate surface area is 127 Å². The lowest BCUT2D eigenvalue weighted by molar-refractivity contribution is 0.281. The molecule has 0 spiro atoms. The van der Waals surface area contributed by atoms with Gasteiger partial charge in [-0.05, 0) is 37.1 Å². The Morgan fingerprint density at radius 2 is 1.90 bits per heavy atom. The molecular formula is C15H24N2O3S. The molecule has 0 aromatic heterocycles. The van der Waals surface area contributed by atoms with Gasteiger partial charge >= 0.3 is 0 Å². The fraction of sp³-hybridized carbons (Fsp3) is 0.600. The molecule has 5 nitrogen and oxygen atoms in total. The van der Waals surface area contributed by atoms with E-state index in [2.05, 4.69) is 4.90 Å². The molecule has 0 radical (unpaired) electrons. The number of aliphatic hydroxyl groups is 1. The number of hydrogen-bond donors (Lipinski definition) is 1. The van der Waals surface area contributed by atoms with E-state index in [4.69, 9.17) is 5.11 Å². The molecule has 1 saturated heterocycles. The van der Waals surface area contributed by atoms with E-state index in [0.717, 1.165) is 30.8 Å². The number of likely N-dealkylation sites (N-methyl/N-ethyl adjacent to an activating group) is 1. The maximum Gasteiger partial charge on any atom is 0.218 e. The van der Waals surface area contributed by atoms with Crippen LogP contribution in [0.4, 0.5) is 0 Å². The smallest absolute Gasteiger partial charge is 0.218 e. The summed E-state index contributed by atoms with van der Waals surface area (Å²) >= 11 is 0. The van der Waals surface area contributed by atoms with E-state index in [0.29, 0.717) is 6.54 Å². The van der Waals surface area contributed by atoms with Crippen LogP contribution in [0.1, 0.15) is 24.0 Å². The zero-order valence-corrected chi connectivity index (χ0v) is 13.3. The highest BCUT2D eigenvalue weighted by atomic mass is 32.2. The van der Waals surface area contributed by atoms with Crippen molar-refractivity contribution in [1.29, 1.82) is 0 Å². The first-order chi connectivity index (χ1) is 10.0. The minimum atomic E-state index is -3.30. The molecule has 0 aliphatic carbocycles. The molecule has 21 heavy (non-hydrogen) atoms. The molecule has 0 unspecified atom stereocenters. The van der Waals surface area contributed by atoms with Crippen LogP contribution in [-0.4, -0.2) is 56.0 Å². The van der Waals surface area contributed by atoms with Crippen molar-refractivity contribution in [3.8, 4) is 0 Å². The quantitative estimate of drug-likeness (QED) is 0.817. The van der Waals surface area contributed by atoms with Crippen molar-refractivity contribution in [1.82, 2.24) is 9.21 Å². The number of sulfonamides is 1. The average Bonchev–Trinajstić information content (AvgIpc) is 2.97. The predicted octanol–water partition coefficient (Wildman–Crippen LogP) is 1.04. The molecule has 1 fully saturated rings. The summed E-state index contributed by atoms with van der Waals surface area (Å²) in [7, 11) is -1.66. The number of hydrogen-bond acceptors (Lipinski definition) is 4. The van der Waals surface area contributed by atoms with Crippen molar-refractivity contribution >= 4 is 10.0 Å². The van der Waals surface area contributed by atoms with Crippen LogP contribution in [0.3, 0.4) is 0 Å². The van der Waals surface area contributed by atoms with Crippen molar-refractivity contribution in [2.45, 2.75) is 25.2 Å². The molecule has 0 atom stereocenters. The van der Waals surface area contributed by atoms with Crippen LogP contribution in [0.25, 0.3) is 0 Å². The van der Waals surface area contributed by atoms with Gasteiger partial charge < -0.3 is 10.0 Å². The second-order valence-electron chi connectivity index (χ2n) is 5.60. The van der Waals surface area contributed by atoms with Crippen LogP contribution in [-0.2, 0) is 22.4 Å². The molecule has 118 valence electrons. The van der Waals surface area contributed by atoms with Crippen molar-refractivity contribution in [2.24, 2.45) is 0 Å². The highest BCUT2D eigenvalue weighted by Crippen LogP contribution is 2.13. The third kappa shape index (κ3) is 4.78. The highest BCUT2D eigenvalue weighted by molar-refractivity contribution is 7.88. The summed E-state index contributed by atoms with van der Waals surface area (Å²) < 4.78 is 26.1. The number of nitrogens with zero attached hydrogens (tertiary/aromatic N) is 2. The summed E-state index contributed by atoms with van der Waals surface area (Å²) in [5.74, 6) is -0.0165. The molecule has 2 rings (SSSR count). The maximum absolute atomic E-state index is 12.3. The lowest BCUT2D eigenvalue weighted by Gasteiger charge is -2.21. The minimum absolute atomic E-state index is 0.0165. The van der Waals surface area contributed by atoms with Crippen LogP contribution in [0, 0.1) is 0 Å². The Bertz CT molecular complexity index is 554. The maximum atomic E-state index is 12.3. The predicted molar refractivity (Wildman–Crippen MR) is 83.3 cm³/mol. The SMILES string of the molecule is CN(CCN1CCCC1)S(=O)(=O)Cc1cccc(CO)c1. The lowest BCUT2D eigenvalue weighted by atomic mass is 10.1. The largest absolute Gasteiger partial charge is 0.392 e. The monoisotopic (exact) mass is 312 g/mol. The Morgan fingerprint density at radius 3 is 2.57 bits per heavy atom. The Hall–Kier alpha value is -0.950. The lowest BCUT2D eigenvalue weighted by Crippen LogP contribution is -2.35. The molecule has 1 aliphatic rings. The Kier molecular flexibility index (Phi) is 5.75. The summed E-state index contributed by atoms with van der Waals surface area (Å²) in [5, 5.41) is 9.11. The van der Waals surface area contributed by atoms with E-state index < -0.39 is 10.0 Å². The Balaban J connectivity index is 1.92. The number of rotatable bonds is 7. The van der Waals surface area contributed by atoms with Crippen LogP contribution in [0.5, 0.6) is 0 Å². The molecule has 1 aromatic rings. The first kappa shape index (κ1) is 16.4. The van der Waals surface area contributed by atoms with Gasteiger partial charge in [-0.2, -0.15) is 0 Å². The third-order valence-corrected chi connectivity index (χ3v) is 5.76. The first-order valence-electron chi connectivity index (χ1n) is 7.36. The fourth-order valence-electron chi connectivity index (χ4n) is 2.57. The second-order valence-corrected chi connectivity index (χ2v) is 7.68. The third-order valence-electron chi connectivity index (χ3n) is 3.93. The molecule has 1 heterocycles. The van der Waals surface area contributed by atoms with Crippen molar-refractivity contribution in [3.05, 3.63) is 35.4 Å². The molecule has 0 amide bonds. The number of aliphatic hydroxyl groups excluding tert-OH is 1. The van der Waals surface area contributed by atoms with Gasteiger partial charge in [0.2, 0.25) is 10.0 Å². The van der Waals surface area contributed by atoms with Gasteiger partial charge in [0.05, 0.1) is 12.4 Å². The summed E-state index contributed by atoms with van der Waals surface area (Å²) in [6.45, 7) is 3.41.